The molecule has 1 N–H and O–H groups in total. The number of hydrogen-bond acceptors (Lipinski definition) is 3. The number of thiophene rings is 1. The first-order chi connectivity index (χ1) is 6.18. The average molecular weight is 217 g/mol. The van der Waals surface area contributed by atoms with Crippen molar-refractivity contribution in [3.63, 3.8) is 0 Å². The Bertz CT molecular complexity index is 330. The summed E-state index contributed by atoms with van der Waals surface area (Å²) in [5, 5.41) is 9.53. The highest BCUT2D eigenvalue weighted by atomic mass is 35.5. The molecule has 0 amide bonds. The molecule has 70 valence electrons. The zero-order valence-corrected chi connectivity index (χ0v) is 8.44. The van der Waals surface area contributed by atoms with E-state index in [0.717, 1.165) is 12.8 Å². The van der Waals surface area contributed by atoms with Gasteiger partial charge in [-0.2, -0.15) is 0 Å². The van der Waals surface area contributed by atoms with Gasteiger partial charge >= 0.3 is 0 Å². The molecule has 0 bridgehead atoms. The van der Waals surface area contributed by atoms with Crippen LogP contribution in [0.3, 0.4) is 0 Å². The third-order valence-electron chi connectivity index (χ3n) is 2.15. The summed E-state index contributed by atoms with van der Waals surface area (Å²) in [5.41, 5.74) is 0. The van der Waals surface area contributed by atoms with Crippen molar-refractivity contribution in [1.29, 1.82) is 0 Å². The summed E-state index contributed by atoms with van der Waals surface area (Å²) in [6.07, 6.45) is 1.12. The first kappa shape index (κ1) is 9.19. The van der Waals surface area contributed by atoms with Gasteiger partial charge in [0.2, 0.25) is 5.78 Å². The van der Waals surface area contributed by atoms with Gasteiger partial charge in [0.25, 0.3) is 0 Å². The van der Waals surface area contributed by atoms with Crippen molar-refractivity contribution in [2.75, 3.05) is 0 Å². The average Bonchev–Trinajstić information content (AvgIpc) is 2.87. The van der Waals surface area contributed by atoms with Gasteiger partial charge in [-0.15, -0.1) is 11.3 Å². The standard InChI is InChI=1S/C9H9ClO2S/c10-7-4-3-6(13-7)9(12)8(11)5-1-2-5/h3-5,8,11H,1-2H2. The minimum Gasteiger partial charge on any atom is -0.385 e. The van der Waals surface area contributed by atoms with Crippen LogP contribution in [0, 0.1) is 5.92 Å². The monoisotopic (exact) mass is 216 g/mol. The number of hydrogen-bond donors (Lipinski definition) is 1. The SMILES string of the molecule is O=C(c1ccc(Cl)s1)C(O)C1CC1. The van der Waals surface area contributed by atoms with E-state index in [1.807, 2.05) is 0 Å². The highest BCUT2D eigenvalue weighted by molar-refractivity contribution is 7.18. The molecule has 1 fully saturated rings. The Morgan fingerprint density at radius 2 is 2.31 bits per heavy atom. The molecule has 4 heteroatoms. The van der Waals surface area contributed by atoms with Crippen LogP contribution >= 0.6 is 22.9 Å². The smallest absolute Gasteiger partial charge is 0.201 e. The van der Waals surface area contributed by atoms with Gasteiger partial charge in [-0.25, -0.2) is 0 Å². The molecule has 2 nitrogen and oxygen atoms in total. The minimum atomic E-state index is -0.810. The molecule has 1 atom stereocenters. The molecule has 1 aromatic rings. The van der Waals surface area contributed by atoms with Crippen LogP contribution in [-0.4, -0.2) is 17.0 Å². The van der Waals surface area contributed by atoms with E-state index in [1.54, 1.807) is 12.1 Å². The fourth-order valence-corrected chi connectivity index (χ4v) is 2.23. The van der Waals surface area contributed by atoms with Gasteiger partial charge in [-0.1, -0.05) is 11.6 Å². The number of rotatable bonds is 3. The van der Waals surface area contributed by atoms with Gasteiger partial charge in [0, 0.05) is 0 Å². The van der Waals surface area contributed by atoms with Crippen molar-refractivity contribution in [2.45, 2.75) is 18.9 Å². The highest BCUT2D eigenvalue weighted by Crippen LogP contribution is 2.35. The lowest BCUT2D eigenvalue weighted by Crippen LogP contribution is -2.21. The first-order valence-corrected chi connectivity index (χ1v) is 5.35. The van der Waals surface area contributed by atoms with Crippen LogP contribution in [0.25, 0.3) is 0 Å². The van der Waals surface area contributed by atoms with Gasteiger partial charge in [-0.05, 0) is 30.9 Å². The van der Waals surface area contributed by atoms with Crippen molar-refractivity contribution in [3.8, 4) is 0 Å². The Morgan fingerprint density at radius 1 is 1.62 bits per heavy atom. The number of aliphatic hydroxyl groups is 1. The van der Waals surface area contributed by atoms with E-state index in [1.165, 1.54) is 11.3 Å². The largest absolute Gasteiger partial charge is 0.385 e. The predicted molar refractivity (Wildman–Crippen MR) is 52.4 cm³/mol. The Hall–Kier alpha value is -0.380. The van der Waals surface area contributed by atoms with Crippen molar-refractivity contribution in [1.82, 2.24) is 0 Å². The number of Topliss-reactive ketones (excluding diaryl/α,β-unsaturated/α-hetero) is 1. The van der Waals surface area contributed by atoms with Crippen molar-refractivity contribution in [3.05, 3.63) is 21.3 Å². The van der Waals surface area contributed by atoms with E-state index in [0.29, 0.717) is 9.21 Å². The van der Waals surface area contributed by atoms with Crippen LogP contribution < -0.4 is 0 Å². The van der Waals surface area contributed by atoms with Gasteiger partial charge in [0.15, 0.2) is 0 Å². The summed E-state index contributed by atoms with van der Waals surface area (Å²) in [5.74, 6) is 0.00720. The second kappa shape index (κ2) is 3.40. The number of carbonyl (C=O) groups is 1. The summed E-state index contributed by atoms with van der Waals surface area (Å²) < 4.78 is 0.589. The van der Waals surface area contributed by atoms with Gasteiger partial charge in [-0.3, -0.25) is 4.79 Å². The fraction of sp³-hybridized carbons (Fsp3) is 0.444. The van der Waals surface area contributed by atoms with E-state index >= 15 is 0 Å². The highest BCUT2D eigenvalue weighted by Gasteiger charge is 2.35. The molecule has 2 rings (SSSR count). The zero-order valence-electron chi connectivity index (χ0n) is 6.87. The molecule has 0 aromatic carbocycles. The molecule has 1 unspecified atom stereocenters. The maximum atomic E-state index is 11.5. The van der Waals surface area contributed by atoms with Gasteiger partial charge in [0.05, 0.1) is 9.21 Å². The second-order valence-corrected chi connectivity index (χ2v) is 4.97. The van der Waals surface area contributed by atoms with E-state index < -0.39 is 6.10 Å². The Labute approximate surface area is 85.1 Å². The summed E-state index contributed by atoms with van der Waals surface area (Å²) in [6.45, 7) is 0. The van der Waals surface area contributed by atoms with Crippen molar-refractivity contribution >= 4 is 28.7 Å². The zero-order chi connectivity index (χ0) is 9.42. The Kier molecular flexibility index (Phi) is 2.41. The quantitative estimate of drug-likeness (QED) is 0.788. The third kappa shape index (κ3) is 1.93. The maximum absolute atomic E-state index is 11.5. The molecule has 13 heavy (non-hydrogen) atoms. The molecule has 0 radical (unpaired) electrons. The van der Waals surface area contributed by atoms with Gasteiger partial charge in [0.1, 0.15) is 6.10 Å². The molecule has 0 spiro atoms. The lowest BCUT2D eigenvalue weighted by atomic mass is 10.1. The van der Waals surface area contributed by atoms with Crippen molar-refractivity contribution in [2.24, 2.45) is 5.92 Å². The number of aliphatic hydroxyl groups excluding tert-OH is 1. The molecular formula is C9H9ClO2S. The fourth-order valence-electron chi connectivity index (χ4n) is 1.22. The number of ketones is 1. The normalized spacial score (nSPS) is 18.6. The Balaban J connectivity index is 2.11. The van der Waals surface area contributed by atoms with Crippen LogP contribution in [0.2, 0.25) is 4.34 Å². The van der Waals surface area contributed by atoms with E-state index in [-0.39, 0.29) is 11.7 Å². The van der Waals surface area contributed by atoms with Crippen LogP contribution in [0.4, 0.5) is 0 Å². The summed E-state index contributed by atoms with van der Waals surface area (Å²) in [4.78, 5) is 12.1. The Morgan fingerprint density at radius 3 is 2.77 bits per heavy atom. The van der Waals surface area contributed by atoms with E-state index in [2.05, 4.69) is 0 Å². The van der Waals surface area contributed by atoms with E-state index in [9.17, 15) is 9.90 Å². The summed E-state index contributed by atoms with van der Waals surface area (Å²) >= 11 is 6.91. The topological polar surface area (TPSA) is 37.3 Å². The van der Waals surface area contributed by atoms with E-state index in [4.69, 9.17) is 11.6 Å². The van der Waals surface area contributed by atoms with Crippen LogP contribution in [0.1, 0.15) is 22.5 Å². The summed E-state index contributed by atoms with van der Waals surface area (Å²) in [7, 11) is 0. The lowest BCUT2D eigenvalue weighted by molar-refractivity contribution is 0.0708. The molecule has 1 aliphatic rings. The molecule has 1 saturated carbocycles. The molecular weight excluding hydrogens is 208 g/mol. The number of carbonyl (C=O) groups excluding carboxylic acids is 1. The first-order valence-electron chi connectivity index (χ1n) is 4.16. The molecule has 1 heterocycles. The molecule has 1 aliphatic carbocycles. The lowest BCUT2D eigenvalue weighted by Gasteiger charge is -2.04. The predicted octanol–water partition coefficient (Wildman–Crippen LogP) is 2.36. The minimum absolute atomic E-state index is 0.181. The molecule has 0 aliphatic heterocycles. The second-order valence-electron chi connectivity index (χ2n) is 3.25. The molecule has 0 saturated heterocycles. The van der Waals surface area contributed by atoms with Crippen LogP contribution in [0.15, 0.2) is 12.1 Å². The number of halogens is 1. The van der Waals surface area contributed by atoms with Crippen molar-refractivity contribution < 1.29 is 9.90 Å². The summed E-state index contributed by atoms with van der Waals surface area (Å²) in [6, 6.07) is 3.35. The maximum Gasteiger partial charge on any atom is 0.201 e. The van der Waals surface area contributed by atoms with Gasteiger partial charge < -0.3 is 5.11 Å². The van der Waals surface area contributed by atoms with Crippen LogP contribution in [0.5, 0.6) is 0 Å². The molecule has 1 aromatic heterocycles. The van der Waals surface area contributed by atoms with Crippen LogP contribution in [-0.2, 0) is 0 Å². The third-order valence-corrected chi connectivity index (χ3v) is 3.40.